The molecule has 0 aliphatic carbocycles. The molecular formula is C10H7FN2O2. The van der Waals surface area contributed by atoms with Gasteiger partial charge in [-0.1, -0.05) is 0 Å². The Morgan fingerprint density at radius 3 is 2.87 bits per heavy atom. The highest BCUT2D eigenvalue weighted by Gasteiger charge is 2.21. The quantitative estimate of drug-likeness (QED) is 0.812. The highest BCUT2D eigenvalue weighted by atomic mass is 19.1. The summed E-state index contributed by atoms with van der Waals surface area (Å²) in [6.45, 7) is 0. The first-order valence-corrected chi connectivity index (χ1v) is 4.26. The number of carboxylic acid groups (broad SMARTS) is 1. The van der Waals surface area contributed by atoms with Crippen molar-refractivity contribution in [2.45, 2.75) is 6.17 Å². The maximum Gasteiger partial charge on any atom is 0.343 e. The first kappa shape index (κ1) is 9.51. The number of nitrogens with zero attached hydrogens (tertiary/aromatic N) is 2. The summed E-state index contributed by atoms with van der Waals surface area (Å²) in [5.41, 5.74) is 0.807. The Bertz CT molecular complexity index is 510. The van der Waals surface area contributed by atoms with Crippen LogP contribution in [-0.2, 0) is 4.79 Å². The lowest BCUT2D eigenvalue weighted by atomic mass is 10.1. The molecule has 2 rings (SSSR count). The summed E-state index contributed by atoms with van der Waals surface area (Å²) in [4.78, 5) is 18.4. The van der Waals surface area contributed by atoms with Crippen molar-refractivity contribution in [1.29, 1.82) is 0 Å². The predicted octanol–water partition coefficient (Wildman–Crippen LogP) is 1.73. The maximum absolute atomic E-state index is 13.3. The number of pyridine rings is 2. The van der Waals surface area contributed by atoms with E-state index in [0.29, 0.717) is 5.52 Å². The van der Waals surface area contributed by atoms with E-state index in [4.69, 9.17) is 5.11 Å². The Morgan fingerprint density at radius 1 is 1.33 bits per heavy atom. The minimum atomic E-state index is -2.06. The number of aromatic nitrogens is 2. The van der Waals surface area contributed by atoms with Gasteiger partial charge in [0.15, 0.2) is 0 Å². The van der Waals surface area contributed by atoms with Crippen LogP contribution in [0.4, 0.5) is 4.39 Å². The molecule has 0 saturated carbocycles. The van der Waals surface area contributed by atoms with E-state index >= 15 is 0 Å². The molecule has 4 nitrogen and oxygen atoms in total. The number of aliphatic carboxylic acids is 1. The maximum atomic E-state index is 13.3. The molecule has 2 aromatic rings. The number of rotatable bonds is 2. The number of carbonyl (C=O) groups is 1. The van der Waals surface area contributed by atoms with Crippen LogP contribution >= 0.6 is 0 Å². The molecule has 2 heterocycles. The topological polar surface area (TPSA) is 63.1 Å². The second-order valence-electron chi connectivity index (χ2n) is 2.97. The monoisotopic (exact) mass is 206 g/mol. The number of halogens is 1. The molecule has 2 aromatic heterocycles. The summed E-state index contributed by atoms with van der Waals surface area (Å²) in [5, 5.41) is 8.57. The Hall–Kier alpha value is -2.04. The van der Waals surface area contributed by atoms with Crippen molar-refractivity contribution in [3.8, 4) is 0 Å². The number of carboxylic acids is 1. The summed E-state index contributed by atoms with van der Waals surface area (Å²) >= 11 is 0. The summed E-state index contributed by atoms with van der Waals surface area (Å²) in [6.07, 6.45) is 0.780. The lowest BCUT2D eigenvalue weighted by Gasteiger charge is -2.05. The molecule has 1 unspecified atom stereocenters. The summed E-state index contributed by atoms with van der Waals surface area (Å²) < 4.78 is 13.3. The van der Waals surface area contributed by atoms with Gasteiger partial charge in [-0.2, -0.15) is 0 Å². The van der Waals surface area contributed by atoms with Crippen LogP contribution < -0.4 is 0 Å². The van der Waals surface area contributed by atoms with Gasteiger partial charge in [0.1, 0.15) is 0 Å². The lowest BCUT2D eigenvalue weighted by molar-refractivity contribution is -0.142. The standard InChI is InChI=1S/C10H7FN2O2/c11-8(10(14)15)6-3-5-12-7-2-1-4-13-9(6)7/h1-5,8H,(H,14,15). The van der Waals surface area contributed by atoms with Crippen molar-refractivity contribution in [3.63, 3.8) is 0 Å². The highest BCUT2D eigenvalue weighted by Crippen LogP contribution is 2.23. The molecule has 76 valence electrons. The number of fused-ring (bicyclic) bond motifs is 1. The normalized spacial score (nSPS) is 12.6. The van der Waals surface area contributed by atoms with Crippen LogP contribution in [-0.4, -0.2) is 21.0 Å². The summed E-state index contributed by atoms with van der Waals surface area (Å²) in [6, 6.07) is 4.64. The number of alkyl halides is 1. The first-order valence-electron chi connectivity index (χ1n) is 4.26. The van der Waals surface area contributed by atoms with Gasteiger partial charge in [-0.15, -0.1) is 0 Å². The third-order valence-corrected chi connectivity index (χ3v) is 2.02. The van der Waals surface area contributed by atoms with Crippen molar-refractivity contribution in [1.82, 2.24) is 9.97 Å². The van der Waals surface area contributed by atoms with E-state index in [-0.39, 0.29) is 11.1 Å². The number of hydrogen-bond acceptors (Lipinski definition) is 3. The highest BCUT2D eigenvalue weighted by molar-refractivity contribution is 5.84. The van der Waals surface area contributed by atoms with Crippen LogP contribution in [0, 0.1) is 0 Å². The fourth-order valence-corrected chi connectivity index (χ4v) is 1.34. The van der Waals surface area contributed by atoms with Gasteiger partial charge in [0.05, 0.1) is 11.0 Å². The molecule has 15 heavy (non-hydrogen) atoms. The van der Waals surface area contributed by atoms with Crippen LogP contribution in [0.2, 0.25) is 0 Å². The largest absolute Gasteiger partial charge is 0.479 e. The van der Waals surface area contributed by atoms with Crippen LogP contribution in [0.5, 0.6) is 0 Å². The zero-order chi connectivity index (χ0) is 10.8. The summed E-state index contributed by atoms with van der Waals surface area (Å²) in [7, 11) is 0. The van der Waals surface area contributed by atoms with E-state index in [2.05, 4.69) is 9.97 Å². The van der Waals surface area contributed by atoms with Crippen molar-refractivity contribution in [2.75, 3.05) is 0 Å². The molecule has 0 fully saturated rings. The molecule has 0 radical (unpaired) electrons. The molecule has 5 heteroatoms. The van der Waals surface area contributed by atoms with Crippen LogP contribution in [0.15, 0.2) is 30.6 Å². The molecule has 1 N–H and O–H groups in total. The molecule has 0 aromatic carbocycles. The Balaban J connectivity index is 2.65. The molecule has 0 saturated heterocycles. The van der Waals surface area contributed by atoms with Gasteiger partial charge in [-0.3, -0.25) is 9.97 Å². The van der Waals surface area contributed by atoms with E-state index in [0.717, 1.165) is 0 Å². The molecule has 1 atom stereocenters. The molecular weight excluding hydrogens is 199 g/mol. The molecule has 0 spiro atoms. The van der Waals surface area contributed by atoms with E-state index in [1.807, 2.05) is 0 Å². The van der Waals surface area contributed by atoms with Crippen molar-refractivity contribution < 1.29 is 14.3 Å². The lowest BCUT2D eigenvalue weighted by Crippen LogP contribution is -2.07. The average Bonchev–Trinajstić information content (AvgIpc) is 2.27. The Morgan fingerprint density at radius 2 is 2.13 bits per heavy atom. The minimum Gasteiger partial charge on any atom is -0.479 e. The van der Waals surface area contributed by atoms with E-state index in [9.17, 15) is 9.18 Å². The molecule has 0 aliphatic rings. The van der Waals surface area contributed by atoms with Gasteiger partial charge in [0, 0.05) is 18.0 Å². The molecule has 0 bridgehead atoms. The fourth-order valence-electron chi connectivity index (χ4n) is 1.34. The van der Waals surface area contributed by atoms with Crippen LogP contribution in [0.25, 0.3) is 11.0 Å². The zero-order valence-corrected chi connectivity index (χ0v) is 7.59. The van der Waals surface area contributed by atoms with Gasteiger partial charge in [0.2, 0.25) is 6.17 Å². The second-order valence-corrected chi connectivity index (χ2v) is 2.97. The Labute approximate surface area is 84.4 Å². The van der Waals surface area contributed by atoms with E-state index in [1.54, 1.807) is 12.1 Å². The molecule has 0 aliphatic heterocycles. The SMILES string of the molecule is O=C(O)C(F)c1ccnc2cccnc12. The minimum absolute atomic E-state index is 0.0353. The van der Waals surface area contributed by atoms with Gasteiger partial charge < -0.3 is 5.11 Å². The van der Waals surface area contributed by atoms with Gasteiger partial charge in [-0.25, -0.2) is 9.18 Å². The van der Waals surface area contributed by atoms with Gasteiger partial charge >= 0.3 is 5.97 Å². The first-order chi connectivity index (χ1) is 7.20. The zero-order valence-electron chi connectivity index (χ0n) is 7.59. The Kier molecular flexibility index (Phi) is 2.29. The van der Waals surface area contributed by atoms with Gasteiger partial charge in [0.25, 0.3) is 0 Å². The smallest absolute Gasteiger partial charge is 0.343 e. The van der Waals surface area contributed by atoms with Crippen molar-refractivity contribution in [2.24, 2.45) is 0 Å². The van der Waals surface area contributed by atoms with E-state index < -0.39 is 12.1 Å². The van der Waals surface area contributed by atoms with Crippen molar-refractivity contribution in [3.05, 3.63) is 36.2 Å². The van der Waals surface area contributed by atoms with Gasteiger partial charge in [-0.05, 0) is 18.2 Å². The third kappa shape index (κ3) is 1.63. The fraction of sp³-hybridized carbons (Fsp3) is 0.100. The van der Waals surface area contributed by atoms with Crippen LogP contribution in [0.3, 0.4) is 0 Å². The average molecular weight is 206 g/mol. The number of hydrogen-bond donors (Lipinski definition) is 1. The molecule has 0 amide bonds. The van der Waals surface area contributed by atoms with E-state index in [1.165, 1.54) is 18.5 Å². The second kappa shape index (κ2) is 3.61. The summed E-state index contributed by atoms with van der Waals surface area (Å²) in [5.74, 6) is -1.52. The van der Waals surface area contributed by atoms with Crippen LogP contribution in [0.1, 0.15) is 11.7 Å². The van der Waals surface area contributed by atoms with Crippen molar-refractivity contribution >= 4 is 17.0 Å². The third-order valence-electron chi connectivity index (χ3n) is 2.02. The predicted molar refractivity (Wildman–Crippen MR) is 51.0 cm³/mol.